The molecule has 178 valence electrons. The molecule has 1 aliphatic carbocycles. The summed E-state index contributed by atoms with van der Waals surface area (Å²) in [4.78, 5) is 24.7. The van der Waals surface area contributed by atoms with Crippen molar-refractivity contribution in [2.24, 2.45) is 7.05 Å². The van der Waals surface area contributed by atoms with Crippen LogP contribution in [0.1, 0.15) is 46.8 Å². The molecule has 0 saturated carbocycles. The highest BCUT2D eigenvalue weighted by Crippen LogP contribution is 2.31. The highest BCUT2D eigenvalue weighted by molar-refractivity contribution is 7.92. The average molecular weight is 482 g/mol. The number of aromatic nitrogens is 2. The Morgan fingerprint density at radius 2 is 1.85 bits per heavy atom. The Hall–Kier alpha value is -3.46. The molecule has 0 saturated heterocycles. The summed E-state index contributed by atoms with van der Waals surface area (Å²) in [6.07, 6.45) is 3.35. The third-order valence-electron chi connectivity index (χ3n) is 5.93. The van der Waals surface area contributed by atoms with Gasteiger partial charge in [0, 0.05) is 23.9 Å². The Kier molecular flexibility index (Phi) is 6.56. The number of esters is 1. The van der Waals surface area contributed by atoms with E-state index in [1.807, 2.05) is 6.07 Å². The molecular weight excluding hydrogens is 454 g/mol. The van der Waals surface area contributed by atoms with Gasteiger partial charge in [-0.15, -0.1) is 0 Å². The fourth-order valence-electron chi connectivity index (χ4n) is 4.26. The van der Waals surface area contributed by atoms with Crippen LogP contribution in [-0.4, -0.2) is 30.8 Å². The first kappa shape index (κ1) is 23.7. The first-order valence-electron chi connectivity index (χ1n) is 11.2. The molecule has 0 aliphatic heterocycles. The fraction of sp³-hybridized carbons (Fsp3) is 0.320. The molecule has 0 fully saturated rings. The number of carbonyl (C=O) groups is 1. The zero-order chi connectivity index (χ0) is 24.5. The molecular formula is C25H27N3O5S. The Bertz CT molecular complexity index is 1430. The fourth-order valence-corrected chi connectivity index (χ4v) is 5.58. The van der Waals surface area contributed by atoms with Crippen LogP contribution in [0.25, 0.3) is 11.3 Å². The molecule has 0 spiro atoms. The third kappa shape index (κ3) is 4.61. The molecule has 0 radical (unpaired) electrons. The number of nitrogens with one attached hydrogen (secondary N) is 1. The maximum Gasteiger partial charge on any atom is 0.338 e. The number of rotatable bonds is 6. The molecule has 4 rings (SSSR count). The summed E-state index contributed by atoms with van der Waals surface area (Å²) in [5.41, 5.74) is 3.92. The van der Waals surface area contributed by atoms with Gasteiger partial charge in [0.15, 0.2) is 0 Å². The number of benzene rings is 2. The minimum absolute atomic E-state index is 0.0958. The second-order valence-corrected chi connectivity index (χ2v) is 9.98. The van der Waals surface area contributed by atoms with Crippen LogP contribution in [-0.2, 0) is 34.6 Å². The zero-order valence-corrected chi connectivity index (χ0v) is 20.2. The van der Waals surface area contributed by atoms with E-state index in [9.17, 15) is 18.0 Å². The van der Waals surface area contributed by atoms with Gasteiger partial charge >= 0.3 is 5.97 Å². The van der Waals surface area contributed by atoms with E-state index < -0.39 is 16.0 Å². The van der Waals surface area contributed by atoms with Crippen molar-refractivity contribution in [2.45, 2.75) is 44.4 Å². The molecule has 0 atom stereocenters. The van der Waals surface area contributed by atoms with Crippen LogP contribution < -0.4 is 10.3 Å². The van der Waals surface area contributed by atoms with E-state index in [2.05, 4.69) is 9.82 Å². The van der Waals surface area contributed by atoms with E-state index in [0.29, 0.717) is 23.2 Å². The van der Waals surface area contributed by atoms with Gasteiger partial charge < -0.3 is 4.74 Å². The lowest BCUT2D eigenvalue weighted by Gasteiger charge is -2.20. The summed E-state index contributed by atoms with van der Waals surface area (Å²) in [5.74, 6) is -0.521. The van der Waals surface area contributed by atoms with Crippen LogP contribution in [0.2, 0.25) is 0 Å². The van der Waals surface area contributed by atoms with Crippen LogP contribution in [0.4, 0.5) is 5.69 Å². The summed E-state index contributed by atoms with van der Waals surface area (Å²) >= 11 is 0. The van der Waals surface area contributed by atoms with Gasteiger partial charge in [-0.1, -0.05) is 18.2 Å². The Balaban J connectivity index is 1.74. The van der Waals surface area contributed by atoms with E-state index in [-0.39, 0.29) is 28.3 Å². The molecule has 1 aliphatic rings. The standard InChI is InChI=1S/C25H27N3O5S/c1-4-33-25(30)18-8-7-9-19(14-18)27-34(31,32)22-15-17(13-12-16(22)2)23-20-10-5-6-11-21(20)24(29)28(3)26-23/h7-9,12-15,27H,4-6,10-11H2,1-3H3. The summed E-state index contributed by atoms with van der Waals surface area (Å²) in [5, 5.41) is 4.48. The Morgan fingerprint density at radius 3 is 2.59 bits per heavy atom. The smallest absolute Gasteiger partial charge is 0.338 e. The van der Waals surface area contributed by atoms with Crippen molar-refractivity contribution < 1.29 is 17.9 Å². The maximum atomic E-state index is 13.3. The predicted octanol–water partition coefficient (Wildman–Crippen LogP) is 3.61. The first-order valence-corrected chi connectivity index (χ1v) is 12.7. The summed E-state index contributed by atoms with van der Waals surface area (Å²) < 4.78 is 35.5. The number of hydrogen-bond donors (Lipinski definition) is 1. The number of nitrogens with zero attached hydrogens (tertiary/aromatic N) is 2. The van der Waals surface area contributed by atoms with E-state index in [0.717, 1.165) is 30.4 Å². The van der Waals surface area contributed by atoms with Gasteiger partial charge in [-0.05, 0) is 74.9 Å². The largest absolute Gasteiger partial charge is 0.462 e. The number of hydrogen-bond acceptors (Lipinski definition) is 6. The van der Waals surface area contributed by atoms with Crippen LogP contribution >= 0.6 is 0 Å². The molecule has 0 amide bonds. The number of sulfonamides is 1. The lowest BCUT2D eigenvalue weighted by atomic mass is 9.89. The number of anilines is 1. The molecule has 8 nitrogen and oxygen atoms in total. The lowest BCUT2D eigenvalue weighted by Crippen LogP contribution is -2.28. The van der Waals surface area contributed by atoms with E-state index in [1.54, 1.807) is 51.2 Å². The van der Waals surface area contributed by atoms with Crippen LogP contribution in [0.5, 0.6) is 0 Å². The average Bonchev–Trinajstić information content (AvgIpc) is 2.82. The van der Waals surface area contributed by atoms with Crippen LogP contribution in [0, 0.1) is 6.92 Å². The predicted molar refractivity (Wildman–Crippen MR) is 130 cm³/mol. The molecule has 0 unspecified atom stereocenters. The second kappa shape index (κ2) is 9.42. The van der Waals surface area contributed by atoms with Gasteiger partial charge in [0.2, 0.25) is 0 Å². The molecule has 1 heterocycles. The molecule has 1 N–H and O–H groups in total. The van der Waals surface area contributed by atoms with Crippen molar-refractivity contribution >= 4 is 21.7 Å². The number of aryl methyl sites for hydroxylation is 2. The number of fused-ring (bicyclic) bond motifs is 1. The highest BCUT2D eigenvalue weighted by Gasteiger charge is 2.23. The van der Waals surface area contributed by atoms with Gasteiger partial charge in [-0.3, -0.25) is 9.52 Å². The van der Waals surface area contributed by atoms with E-state index in [4.69, 9.17) is 4.74 Å². The van der Waals surface area contributed by atoms with Crippen molar-refractivity contribution in [1.29, 1.82) is 0 Å². The van der Waals surface area contributed by atoms with Crippen LogP contribution in [0.3, 0.4) is 0 Å². The number of carbonyl (C=O) groups excluding carboxylic acids is 1. The molecule has 34 heavy (non-hydrogen) atoms. The Labute approximate surface area is 198 Å². The van der Waals surface area contributed by atoms with E-state index >= 15 is 0 Å². The van der Waals surface area contributed by atoms with E-state index in [1.165, 1.54) is 10.7 Å². The summed E-state index contributed by atoms with van der Waals surface area (Å²) in [6.45, 7) is 3.65. The topological polar surface area (TPSA) is 107 Å². The van der Waals surface area contributed by atoms with Crippen molar-refractivity contribution in [2.75, 3.05) is 11.3 Å². The van der Waals surface area contributed by atoms with Gasteiger partial charge in [0.1, 0.15) is 0 Å². The summed E-state index contributed by atoms with van der Waals surface area (Å²) in [6, 6.07) is 11.3. The maximum absolute atomic E-state index is 13.3. The zero-order valence-electron chi connectivity index (χ0n) is 19.4. The lowest BCUT2D eigenvalue weighted by molar-refractivity contribution is 0.0526. The van der Waals surface area contributed by atoms with Gasteiger partial charge in [0.05, 0.1) is 22.8 Å². The third-order valence-corrected chi connectivity index (χ3v) is 7.46. The Morgan fingerprint density at radius 1 is 1.12 bits per heavy atom. The van der Waals surface area contributed by atoms with Gasteiger partial charge in [-0.25, -0.2) is 17.9 Å². The molecule has 9 heteroatoms. The van der Waals surface area contributed by atoms with Gasteiger partial charge in [0.25, 0.3) is 15.6 Å². The summed E-state index contributed by atoms with van der Waals surface area (Å²) in [7, 11) is -2.35. The van der Waals surface area contributed by atoms with Gasteiger partial charge in [-0.2, -0.15) is 5.10 Å². The van der Waals surface area contributed by atoms with Crippen molar-refractivity contribution in [3.05, 3.63) is 75.1 Å². The molecule has 2 aromatic carbocycles. The molecule has 3 aromatic rings. The monoisotopic (exact) mass is 481 g/mol. The molecule has 1 aromatic heterocycles. The SMILES string of the molecule is CCOC(=O)c1cccc(NS(=O)(=O)c2cc(-c3nn(C)c(=O)c4c3CCCC4)ccc2C)c1. The molecule has 0 bridgehead atoms. The normalized spacial score (nSPS) is 13.3. The van der Waals surface area contributed by atoms with Crippen molar-refractivity contribution in [1.82, 2.24) is 9.78 Å². The van der Waals surface area contributed by atoms with Crippen LogP contribution in [0.15, 0.2) is 52.2 Å². The highest BCUT2D eigenvalue weighted by atomic mass is 32.2. The minimum atomic E-state index is -3.97. The first-order chi connectivity index (χ1) is 16.2. The van der Waals surface area contributed by atoms with Crippen molar-refractivity contribution in [3.8, 4) is 11.3 Å². The quantitative estimate of drug-likeness (QED) is 0.539. The van der Waals surface area contributed by atoms with Crippen molar-refractivity contribution in [3.63, 3.8) is 0 Å². The minimum Gasteiger partial charge on any atom is -0.462 e. The number of ether oxygens (including phenoxy) is 1. The second-order valence-electron chi connectivity index (χ2n) is 8.33.